The van der Waals surface area contributed by atoms with Gasteiger partial charge in [-0.05, 0) is 37.8 Å². The van der Waals surface area contributed by atoms with Gasteiger partial charge in [-0.15, -0.1) is 0 Å². The second-order valence-electron chi connectivity index (χ2n) is 4.67. The van der Waals surface area contributed by atoms with E-state index in [1.165, 1.54) is 0 Å². The van der Waals surface area contributed by atoms with Crippen LogP contribution in [0.5, 0.6) is 0 Å². The Labute approximate surface area is 102 Å². The van der Waals surface area contributed by atoms with Crippen LogP contribution >= 0.6 is 0 Å². The highest BCUT2D eigenvalue weighted by atomic mass is 15.1. The number of pyridine rings is 1. The van der Waals surface area contributed by atoms with Crippen molar-refractivity contribution in [1.29, 1.82) is 5.26 Å². The van der Waals surface area contributed by atoms with Crippen molar-refractivity contribution in [1.82, 2.24) is 4.98 Å². The van der Waals surface area contributed by atoms with Crippen LogP contribution in [0.4, 0.5) is 5.69 Å². The Balaban J connectivity index is 2.08. The number of nitriles is 1. The monoisotopic (exact) mass is 230 g/mol. The molecule has 1 unspecified atom stereocenters. The molecule has 1 aliphatic rings. The standard InChI is InChI=1S/C13H18N4/c1-10(15)11-4-7-17(8-5-11)13-3-2-6-16-12(13)9-14/h2-3,6,10-11H,4-5,7-8,15H2,1H3. The molecule has 0 bridgehead atoms. The zero-order valence-corrected chi connectivity index (χ0v) is 10.1. The molecule has 0 saturated carbocycles. The van der Waals surface area contributed by atoms with Gasteiger partial charge in [0, 0.05) is 25.3 Å². The fourth-order valence-corrected chi connectivity index (χ4v) is 2.40. The molecule has 90 valence electrons. The van der Waals surface area contributed by atoms with Gasteiger partial charge >= 0.3 is 0 Å². The van der Waals surface area contributed by atoms with Crippen molar-refractivity contribution in [2.75, 3.05) is 18.0 Å². The second-order valence-corrected chi connectivity index (χ2v) is 4.67. The average molecular weight is 230 g/mol. The number of nitrogens with two attached hydrogens (primary N) is 1. The molecule has 1 aromatic rings. The summed E-state index contributed by atoms with van der Waals surface area (Å²) in [5.41, 5.74) is 7.40. The summed E-state index contributed by atoms with van der Waals surface area (Å²) < 4.78 is 0. The number of anilines is 1. The minimum absolute atomic E-state index is 0.265. The van der Waals surface area contributed by atoms with Crippen LogP contribution in [-0.2, 0) is 0 Å². The molecule has 2 heterocycles. The lowest BCUT2D eigenvalue weighted by Gasteiger charge is -2.35. The van der Waals surface area contributed by atoms with E-state index in [1.807, 2.05) is 12.1 Å². The first-order valence-electron chi connectivity index (χ1n) is 6.08. The maximum Gasteiger partial charge on any atom is 0.163 e. The molecular formula is C13H18N4. The summed E-state index contributed by atoms with van der Waals surface area (Å²) in [6.45, 7) is 4.00. The van der Waals surface area contributed by atoms with Gasteiger partial charge in [0.05, 0.1) is 5.69 Å². The molecule has 17 heavy (non-hydrogen) atoms. The largest absolute Gasteiger partial charge is 0.369 e. The van der Waals surface area contributed by atoms with E-state index in [-0.39, 0.29) is 6.04 Å². The third kappa shape index (κ3) is 2.56. The van der Waals surface area contributed by atoms with Crippen LogP contribution in [0.3, 0.4) is 0 Å². The van der Waals surface area contributed by atoms with E-state index in [4.69, 9.17) is 11.0 Å². The molecule has 0 spiro atoms. The molecule has 0 aromatic carbocycles. The van der Waals surface area contributed by atoms with Crippen molar-refractivity contribution >= 4 is 5.69 Å². The van der Waals surface area contributed by atoms with Crippen LogP contribution < -0.4 is 10.6 Å². The average Bonchev–Trinajstić information content (AvgIpc) is 2.39. The number of aromatic nitrogens is 1. The Hall–Kier alpha value is -1.60. The minimum atomic E-state index is 0.265. The van der Waals surface area contributed by atoms with Gasteiger partial charge in [-0.2, -0.15) is 5.26 Å². The van der Waals surface area contributed by atoms with E-state index >= 15 is 0 Å². The zero-order valence-electron chi connectivity index (χ0n) is 10.1. The maximum atomic E-state index is 9.03. The van der Waals surface area contributed by atoms with Crippen LogP contribution in [0.25, 0.3) is 0 Å². The van der Waals surface area contributed by atoms with Crippen LogP contribution in [0, 0.1) is 17.2 Å². The van der Waals surface area contributed by atoms with E-state index in [0.717, 1.165) is 31.6 Å². The predicted octanol–water partition coefficient (Wildman–Crippen LogP) is 1.52. The first-order valence-corrected chi connectivity index (χ1v) is 6.08. The van der Waals surface area contributed by atoms with Gasteiger partial charge in [0.2, 0.25) is 0 Å². The van der Waals surface area contributed by atoms with Crippen molar-refractivity contribution in [2.45, 2.75) is 25.8 Å². The highest BCUT2D eigenvalue weighted by molar-refractivity contribution is 5.55. The third-order valence-electron chi connectivity index (χ3n) is 3.52. The Morgan fingerprint density at radius 3 is 2.82 bits per heavy atom. The van der Waals surface area contributed by atoms with Gasteiger partial charge < -0.3 is 10.6 Å². The lowest BCUT2D eigenvalue weighted by atomic mass is 9.90. The molecular weight excluding hydrogens is 212 g/mol. The van der Waals surface area contributed by atoms with Gasteiger partial charge in [0.15, 0.2) is 5.69 Å². The lowest BCUT2D eigenvalue weighted by molar-refractivity contribution is 0.354. The molecule has 4 heteroatoms. The highest BCUT2D eigenvalue weighted by Gasteiger charge is 2.23. The lowest BCUT2D eigenvalue weighted by Crippen LogP contribution is -2.40. The van der Waals surface area contributed by atoms with E-state index in [9.17, 15) is 0 Å². The van der Waals surface area contributed by atoms with Crippen molar-refractivity contribution in [3.8, 4) is 6.07 Å². The molecule has 1 atom stereocenters. The van der Waals surface area contributed by atoms with Gasteiger partial charge in [-0.1, -0.05) is 0 Å². The molecule has 1 aromatic heterocycles. The summed E-state index contributed by atoms with van der Waals surface area (Å²) in [4.78, 5) is 6.34. The van der Waals surface area contributed by atoms with Crippen molar-refractivity contribution in [2.24, 2.45) is 11.7 Å². The molecule has 1 aliphatic heterocycles. The maximum absolute atomic E-state index is 9.03. The Morgan fingerprint density at radius 2 is 2.24 bits per heavy atom. The summed E-state index contributed by atoms with van der Waals surface area (Å²) in [6, 6.07) is 6.27. The summed E-state index contributed by atoms with van der Waals surface area (Å²) in [7, 11) is 0. The quantitative estimate of drug-likeness (QED) is 0.836. The van der Waals surface area contributed by atoms with E-state index in [0.29, 0.717) is 11.6 Å². The van der Waals surface area contributed by atoms with Crippen LogP contribution in [0.1, 0.15) is 25.5 Å². The first kappa shape index (κ1) is 11.9. The Morgan fingerprint density at radius 1 is 1.53 bits per heavy atom. The van der Waals surface area contributed by atoms with Crippen LogP contribution in [0.15, 0.2) is 18.3 Å². The van der Waals surface area contributed by atoms with Crippen molar-refractivity contribution < 1.29 is 0 Å². The van der Waals surface area contributed by atoms with Crippen molar-refractivity contribution in [3.05, 3.63) is 24.0 Å². The molecule has 2 rings (SSSR count). The van der Waals surface area contributed by atoms with Gasteiger partial charge in [-0.3, -0.25) is 0 Å². The summed E-state index contributed by atoms with van der Waals surface area (Å²) >= 11 is 0. The van der Waals surface area contributed by atoms with E-state index < -0.39 is 0 Å². The molecule has 1 fully saturated rings. The van der Waals surface area contributed by atoms with E-state index in [2.05, 4.69) is 22.9 Å². The second kappa shape index (κ2) is 5.15. The van der Waals surface area contributed by atoms with Gasteiger partial charge in [0.25, 0.3) is 0 Å². The van der Waals surface area contributed by atoms with E-state index in [1.54, 1.807) is 6.20 Å². The molecule has 0 amide bonds. The first-order chi connectivity index (χ1) is 8.22. The molecule has 4 nitrogen and oxygen atoms in total. The molecule has 0 radical (unpaired) electrons. The summed E-state index contributed by atoms with van der Waals surface area (Å²) in [5, 5.41) is 9.03. The molecule has 1 saturated heterocycles. The third-order valence-corrected chi connectivity index (χ3v) is 3.52. The van der Waals surface area contributed by atoms with Crippen LogP contribution in [0.2, 0.25) is 0 Å². The number of hydrogen-bond acceptors (Lipinski definition) is 4. The fraction of sp³-hybridized carbons (Fsp3) is 0.538. The van der Waals surface area contributed by atoms with Gasteiger partial charge in [0.1, 0.15) is 6.07 Å². The number of nitrogens with zero attached hydrogens (tertiary/aromatic N) is 3. The smallest absolute Gasteiger partial charge is 0.163 e. The molecule has 2 N–H and O–H groups in total. The van der Waals surface area contributed by atoms with Gasteiger partial charge in [-0.25, -0.2) is 4.98 Å². The number of hydrogen-bond donors (Lipinski definition) is 1. The fourth-order valence-electron chi connectivity index (χ4n) is 2.40. The predicted molar refractivity (Wildman–Crippen MR) is 67.5 cm³/mol. The number of rotatable bonds is 2. The Kier molecular flexibility index (Phi) is 3.60. The van der Waals surface area contributed by atoms with Crippen LogP contribution in [-0.4, -0.2) is 24.1 Å². The topological polar surface area (TPSA) is 65.9 Å². The number of piperidine rings is 1. The SMILES string of the molecule is CC(N)C1CCN(c2cccnc2C#N)CC1. The highest BCUT2D eigenvalue weighted by Crippen LogP contribution is 2.25. The van der Waals surface area contributed by atoms with Crippen molar-refractivity contribution in [3.63, 3.8) is 0 Å². The Bertz CT molecular complexity index is 414. The summed E-state index contributed by atoms with van der Waals surface area (Å²) in [5.74, 6) is 0.605. The minimum Gasteiger partial charge on any atom is -0.369 e. The molecule has 0 aliphatic carbocycles. The summed E-state index contributed by atoms with van der Waals surface area (Å²) in [6.07, 6.45) is 3.85. The zero-order chi connectivity index (χ0) is 12.3. The normalized spacial score (nSPS) is 18.8.